The highest BCUT2D eigenvalue weighted by Crippen LogP contribution is 2.26. The van der Waals surface area contributed by atoms with Crippen molar-refractivity contribution in [3.63, 3.8) is 0 Å². The van der Waals surface area contributed by atoms with Gasteiger partial charge in [0.1, 0.15) is 24.4 Å². The number of aliphatic hydroxyl groups is 5. The molecule has 11 heteroatoms. The standard InChI is InChI=1S/C64H113NO10/c1-4-7-10-13-16-19-22-24-26-28-30-31-33-36-39-42-45-48-51-57(68)63(72)65-55(56(67)50-47-44-41-38-35-21-18-15-12-9-6-3)54-73-64-62(61(71)60(70)58(53-66)74-64)75-59(69)52-49-46-43-40-37-34-32-29-27-25-23-20-17-14-11-8-5-2/h7,10,16,19,24,26,30-31,36,39,47,50,55-58,60-62,64,66-68,70-71H,4-6,8-9,11-15,17-18,20-23,25,27-29,32-35,37-38,40-46,48-49,51-54H2,1-3H3,(H,65,72)/b10-7-,19-16-,26-24-,31-30-,39-36-,50-47+. The fraction of sp³-hybridized carbons (Fsp3) is 0.781. The van der Waals surface area contributed by atoms with Gasteiger partial charge in [0.15, 0.2) is 12.4 Å². The zero-order chi connectivity index (χ0) is 54.7. The highest BCUT2D eigenvalue weighted by molar-refractivity contribution is 5.80. The Kier molecular flexibility index (Phi) is 48.5. The maximum Gasteiger partial charge on any atom is 0.306 e. The number of ether oxygens (including phenoxy) is 3. The van der Waals surface area contributed by atoms with Gasteiger partial charge in [-0.15, -0.1) is 0 Å². The SMILES string of the molecule is CC/C=C\C/C=C\C/C=C\C/C=C\C/C=C\CCCCC(O)C(=O)NC(COC1OC(CO)C(O)C(O)C1OC(=O)CCCCCCCCCCCCCCCCCCC)C(O)/C=C/CCCCCCCCCCC. The third-order valence-electron chi connectivity index (χ3n) is 14.1. The van der Waals surface area contributed by atoms with Crippen LogP contribution in [0.2, 0.25) is 0 Å². The summed E-state index contributed by atoms with van der Waals surface area (Å²) >= 11 is 0. The number of hydrogen-bond donors (Lipinski definition) is 6. The third kappa shape index (κ3) is 40.0. The van der Waals surface area contributed by atoms with E-state index in [2.05, 4.69) is 86.8 Å². The number of carbonyl (C=O) groups excluding carboxylic acids is 2. The molecular formula is C64H113NO10. The number of aliphatic hydroxyl groups excluding tert-OH is 5. The van der Waals surface area contributed by atoms with Gasteiger partial charge in [0.05, 0.1) is 25.4 Å². The Labute approximate surface area is 458 Å². The van der Waals surface area contributed by atoms with Crippen molar-refractivity contribution < 1.29 is 49.3 Å². The van der Waals surface area contributed by atoms with E-state index in [1.165, 1.54) is 122 Å². The van der Waals surface area contributed by atoms with Gasteiger partial charge in [-0.3, -0.25) is 9.59 Å². The minimum atomic E-state index is -1.62. The number of unbranched alkanes of at least 4 members (excludes halogenated alkanes) is 27. The molecule has 0 saturated carbocycles. The fourth-order valence-corrected chi connectivity index (χ4v) is 9.27. The maximum atomic E-state index is 13.4. The van der Waals surface area contributed by atoms with Crippen molar-refractivity contribution in [2.24, 2.45) is 0 Å². The second-order valence-electron chi connectivity index (χ2n) is 21.1. The van der Waals surface area contributed by atoms with E-state index in [9.17, 15) is 35.1 Å². The van der Waals surface area contributed by atoms with E-state index in [0.29, 0.717) is 12.8 Å². The van der Waals surface area contributed by atoms with E-state index in [4.69, 9.17) is 14.2 Å². The lowest BCUT2D eigenvalue weighted by Gasteiger charge is -2.41. The Morgan fingerprint density at radius 3 is 1.44 bits per heavy atom. The van der Waals surface area contributed by atoms with Crippen LogP contribution in [0, 0.1) is 0 Å². The van der Waals surface area contributed by atoms with Crippen LogP contribution in [0.3, 0.4) is 0 Å². The molecule has 1 fully saturated rings. The summed E-state index contributed by atoms with van der Waals surface area (Å²) in [6.45, 7) is 5.65. The van der Waals surface area contributed by atoms with Crippen LogP contribution in [0.4, 0.5) is 0 Å². The summed E-state index contributed by atoms with van der Waals surface area (Å²) in [7, 11) is 0. The molecule has 0 aromatic carbocycles. The minimum Gasteiger partial charge on any atom is -0.454 e. The number of hydrogen-bond acceptors (Lipinski definition) is 10. The first-order valence-electron chi connectivity index (χ1n) is 30.7. The number of nitrogens with one attached hydrogen (secondary N) is 1. The van der Waals surface area contributed by atoms with Crippen LogP contribution in [-0.4, -0.2) is 99.6 Å². The fourth-order valence-electron chi connectivity index (χ4n) is 9.27. The van der Waals surface area contributed by atoms with Crippen LogP contribution in [0.25, 0.3) is 0 Å². The van der Waals surface area contributed by atoms with E-state index < -0.39 is 67.4 Å². The van der Waals surface area contributed by atoms with Gasteiger partial charge in [0, 0.05) is 6.42 Å². The van der Waals surface area contributed by atoms with Crippen LogP contribution in [0.5, 0.6) is 0 Å². The van der Waals surface area contributed by atoms with Crippen LogP contribution >= 0.6 is 0 Å². The molecule has 1 saturated heterocycles. The largest absolute Gasteiger partial charge is 0.454 e. The van der Waals surface area contributed by atoms with Crippen LogP contribution in [0.15, 0.2) is 72.9 Å². The first kappa shape index (κ1) is 70.1. The molecule has 0 spiro atoms. The Bertz CT molecular complexity index is 1490. The molecule has 0 bridgehead atoms. The van der Waals surface area contributed by atoms with Gasteiger partial charge in [-0.1, -0.05) is 254 Å². The van der Waals surface area contributed by atoms with Crippen LogP contribution < -0.4 is 5.32 Å². The zero-order valence-corrected chi connectivity index (χ0v) is 47.9. The smallest absolute Gasteiger partial charge is 0.306 e. The monoisotopic (exact) mass is 1060 g/mol. The molecule has 11 nitrogen and oxygen atoms in total. The van der Waals surface area contributed by atoms with Crippen LogP contribution in [-0.2, 0) is 23.8 Å². The first-order chi connectivity index (χ1) is 36.7. The Morgan fingerprint density at radius 2 is 0.960 bits per heavy atom. The first-order valence-corrected chi connectivity index (χ1v) is 30.7. The molecule has 8 unspecified atom stereocenters. The molecule has 434 valence electrons. The van der Waals surface area contributed by atoms with Gasteiger partial charge in [0.25, 0.3) is 0 Å². The Morgan fingerprint density at radius 1 is 0.533 bits per heavy atom. The summed E-state index contributed by atoms with van der Waals surface area (Å²) < 4.78 is 17.6. The summed E-state index contributed by atoms with van der Waals surface area (Å²) in [5.41, 5.74) is 0. The van der Waals surface area contributed by atoms with Crippen LogP contribution in [0.1, 0.15) is 258 Å². The molecule has 0 radical (unpaired) electrons. The molecule has 75 heavy (non-hydrogen) atoms. The molecule has 6 N–H and O–H groups in total. The van der Waals surface area contributed by atoms with Crippen molar-refractivity contribution in [1.82, 2.24) is 5.32 Å². The summed E-state index contributed by atoms with van der Waals surface area (Å²) in [4.78, 5) is 26.5. The Hall–Kier alpha value is -2.90. The lowest BCUT2D eigenvalue weighted by atomic mass is 9.99. The summed E-state index contributed by atoms with van der Waals surface area (Å²) in [6, 6.07) is -1.04. The number of rotatable bonds is 51. The molecule has 0 aromatic rings. The predicted molar refractivity (Wildman–Crippen MR) is 310 cm³/mol. The van der Waals surface area contributed by atoms with E-state index >= 15 is 0 Å². The average Bonchev–Trinajstić information content (AvgIpc) is 3.41. The molecular weight excluding hydrogens is 943 g/mol. The summed E-state index contributed by atoms with van der Waals surface area (Å²) in [5.74, 6) is -1.23. The second kappa shape index (κ2) is 51.8. The highest BCUT2D eigenvalue weighted by atomic mass is 16.7. The maximum absolute atomic E-state index is 13.4. The highest BCUT2D eigenvalue weighted by Gasteiger charge is 2.47. The minimum absolute atomic E-state index is 0.120. The Balaban J connectivity index is 2.70. The second-order valence-corrected chi connectivity index (χ2v) is 21.1. The predicted octanol–water partition coefficient (Wildman–Crippen LogP) is 14.4. The van der Waals surface area contributed by atoms with Gasteiger partial charge >= 0.3 is 5.97 Å². The van der Waals surface area contributed by atoms with Gasteiger partial charge in [-0.05, 0) is 70.6 Å². The van der Waals surface area contributed by atoms with Crippen molar-refractivity contribution in [3.05, 3.63) is 72.9 Å². The van der Waals surface area contributed by atoms with Gasteiger partial charge < -0.3 is 45.1 Å². The number of allylic oxidation sites excluding steroid dienone is 11. The van der Waals surface area contributed by atoms with Crippen molar-refractivity contribution >= 4 is 11.9 Å². The molecule has 1 heterocycles. The molecule has 1 aliphatic rings. The molecule has 0 aliphatic carbocycles. The third-order valence-corrected chi connectivity index (χ3v) is 14.1. The molecule has 1 amide bonds. The van der Waals surface area contributed by atoms with Crippen molar-refractivity contribution in [1.29, 1.82) is 0 Å². The zero-order valence-electron chi connectivity index (χ0n) is 47.9. The topological polar surface area (TPSA) is 175 Å². The van der Waals surface area contributed by atoms with E-state index in [1.807, 2.05) is 6.08 Å². The number of esters is 1. The number of amides is 1. The van der Waals surface area contributed by atoms with Gasteiger partial charge in [-0.2, -0.15) is 0 Å². The van der Waals surface area contributed by atoms with Crippen molar-refractivity contribution in [2.75, 3.05) is 13.2 Å². The normalized spacial score (nSPS) is 19.7. The summed E-state index contributed by atoms with van der Waals surface area (Å²) in [5, 5.41) is 56.9. The van der Waals surface area contributed by atoms with E-state index in [0.717, 1.165) is 89.9 Å². The van der Waals surface area contributed by atoms with E-state index in [1.54, 1.807) is 6.08 Å². The lowest BCUT2D eigenvalue weighted by Crippen LogP contribution is -2.61. The van der Waals surface area contributed by atoms with Gasteiger partial charge in [0.2, 0.25) is 5.91 Å². The number of carbonyl (C=O) groups is 2. The molecule has 0 aromatic heterocycles. The molecule has 8 atom stereocenters. The van der Waals surface area contributed by atoms with Gasteiger partial charge in [-0.25, -0.2) is 0 Å². The van der Waals surface area contributed by atoms with E-state index in [-0.39, 0.29) is 19.4 Å². The molecule has 1 aliphatic heterocycles. The quantitative estimate of drug-likeness (QED) is 0.0195. The van der Waals surface area contributed by atoms with Crippen molar-refractivity contribution in [2.45, 2.75) is 307 Å². The summed E-state index contributed by atoms with van der Waals surface area (Å²) in [6.07, 6.45) is 55.1. The molecule has 1 rings (SSSR count). The lowest BCUT2D eigenvalue weighted by molar-refractivity contribution is -0.305. The average molecular weight is 1060 g/mol. The van der Waals surface area contributed by atoms with Crippen molar-refractivity contribution in [3.8, 4) is 0 Å².